The summed E-state index contributed by atoms with van der Waals surface area (Å²) in [6, 6.07) is 12.8. The van der Waals surface area contributed by atoms with Gasteiger partial charge in [0, 0.05) is 10.6 Å². The molecule has 5 heteroatoms. The predicted octanol–water partition coefficient (Wildman–Crippen LogP) is 5.83. The first-order valence-corrected chi connectivity index (χ1v) is 7.51. The van der Waals surface area contributed by atoms with E-state index in [2.05, 4.69) is 22.0 Å². The van der Waals surface area contributed by atoms with Crippen LogP contribution in [0.25, 0.3) is 11.6 Å². The first kappa shape index (κ1) is 15.9. The number of ether oxygens (including phenoxy) is 1. The van der Waals surface area contributed by atoms with Crippen LogP contribution in [-0.4, -0.2) is 7.11 Å². The molecule has 0 amide bonds. The van der Waals surface area contributed by atoms with Gasteiger partial charge in [-0.1, -0.05) is 35.3 Å². The summed E-state index contributed by atoms with van der Waals surface area (Å²) in [7, 11) is 1.60. The molecule has 0 spiro atoms. The van der Waals surface area contributed by atoms with Gasteiger partial charge in [0.2, 0.25) is 0 Å². The zero-order valence-corrected chi connectivity index (χ0v) is 14.1. The zero-order valence-electron chi connectivity index (χ0n) is 11.0. The number of hydrogen-bond acceptors (Lipinski definition) is 2. The molecule has 21 heavy (non-hydrogen) atoms. The Kier molecular flexibility index (Phi) is 5.30. The lowest BCUT2D eigenvalue weighted by Gasteiger charge is -2.06. The standard InChI is InChI=1S/C16H10BrCl2NO/c1-21-16-5-2-10(7-14(16)17)6-11(9-20)13-4-3-12(18)8-15(13)19/h2-8H,1H3/b11-6+. The maximum Gasteiger partial charge on any atom is 0.133 e. The topological polar surface area (TPSA) is 33.0 Å². The minimum Gasteiger partial charge on any atom is -0.496 e. The summed E-state index contributed by atoms with van der Waals surface area (Å²) in [4.78, 5) is 0. The lowest BCUT2D eigenvalue weighted by molar-refractivity contribution is 0.412. The Morgan fingerprint density at radius 3 is 2.57 bits per heavy atom. The molecule has 2 aromatic rings. The molecule has 0 heterocycles. The van der Waals surface area contributed by atoms with E-state index in [-0.39, 0.29) is 0 Å². The largest absolute Gasteiger partial charge is 0.496 e. The van der Waals surface area contributed by atoms with Crippen molar-refractivity contribution in [2.24, 2.45) is 0 Å². The molecule has 0 aromatic heterocycles. The summed E-state index contributed by atoms with van der Waals surface area (Å²) in [5.41, 5.74) is 1.98. The molecular formula is C16H10BrCl2NO. The molecular weight excluding hydrogens is 373 g/mol. The zero-order chi connectivity index (χ0) is 15.4. The van der Waals surface area contributed by atoms with E-state index in [1.165, 1.54) is 0 Å². The third-order valence-corrected chi connectivity index (χ3v) is 4.00. The lowest BCUT2D eigenvalue weighted by atomic mass is 10.0. The fourth-order valence-electron chi connectivity index (χ4n) is 1.82. The quantitative estimate of drug-likeness (QED) is 0.494. The highest BCUT2D eigenvalue weighted by molar-refractivity contribution is 9.10. The van der Waals surface area contributed by atoms with Gasteiger partial charge in [0.1, 0.15) is 5.75 Å². The van der Waals surface area contributed by atoms with Crippen molar-refractivity contribution in [1.82, 2.24) is 0 Å². The summed E-state index contributed by atoms with van der Waals surface area (Å²) < 4.78 is 6.00. The van der Waals surface area contributed by atoms with Crippen LogP contribution < -0.4 is 4.74 Å². The van der Waals surface area contributed by atoms with Crippen LogP contribution in [-0.2, 0) is 0 Å². The highest BCUT2D eigenvalue weighted by atomic mass is 79.9. The number of benzene rings is 2. The molecule has 106 valence electrons. The van der Waals surface area contributed by atoms with Gasteiger partial charge in [0.15, 0.2) is 0 Å². The maximum absolute atomic E-state index is 9.36. The monoisotopic (exact) mass is 381 g/mol. The Balaban J connectivity index is 2.46. The van der Waals surface area contributed by atoms with Gasteiger partial charge in [-0.15, -0.1) is 0 Å². The summed E-state index contributed by atoms with van der Waals surface area (Å²) >= 11 is 15.4. The van der Waals surface area contributed by atoms with Gasteiger partial charge in [0.25, 0.3) is 0 Å². The molecule has 0 saturated heterocycles. The highest BCUT2D eigenvalue weighted by Crippen LogP contribution is 2.30. The molecule has 0 aliphatic carbocycles. The molecule has 0 aliphatic heterocycles. The maximum atomic E-state index is 9.36. The number of nitrogens with zero attached hydrogens (tertiary/aromatic N) is 1. The van der Waals surface area contributed by atoms with Crippen molar-refractivity contribution < 1.29 is 4.74 Å². The molecule has 0 N–H and O–H groups in total. The Morgan fingerprint density at radius 1 is 1.24 bits per heavy atom. The third-order valence-electron chi connectivity index (χ3n) is 2.83. The van der Waals surface area contributed by atoms with E-state index >= 15 is 0 Å². The molecule has 0 aliphatic rings. The number of allylic oxidation sites excluding steroid dienone is 1. The average molecular weight is 383 g/mol. The van der Waals surface area contributed by atoms with Gasteiger partial charge >= 0.3 is 0 Å². The first-order chi connectivity index (χ1) is 10.0. The van der Waals surface area contributed by atoms with Gasteiger partial charge in [-0.25, -0.2) is 0 Å². The number of rotatable bonds is 3. The minimum absolute atomic E-state index is 0.447. The first-order valence-electron chi connectivity index (χ1n) is 5.96. The molecule has 0 saturated carbocycles. The van der Waals surface area contributed by atoms with Gasteiger partial charge < -0.3 is 4.74 Å². The number of hydrogen-bond donors (Lipinski definition) is 0. The average Bonchev–Trinajstić information content (AvgIpc) is 2.45. The summed E-state index contributed by atoms with van der Waals surface area (Å²) in [5.74, 6) is 0.732. The van der Waals surface area contributed by atoms with E-state index in [0.717, 1.165) is 15.8 Å². The molecule has 2 rings (SSSR count). The summed E-state index contributed by atoms with van der Waals surface area (Å²) in [5, 5.41) is 10.3. The molecule has 0 fully saturated rings. The van der Waals surface area contributed by atoms with Crippen LogP contribution in [0.15, 0.2) is 40.9 Å². The molecule has 0 bridgehead atoms. The van der Waals surface area contributed by atoms with E-state index in [0.29, 0.717) is 21.2 Å². The Bertz CT molecular complexity index is 750. The summed E-state index contributed by atoms with van der Waals surface area (Å²) in [6.45, 7) is 0. The lowest BCUT2D eigenvalue weighted by Crippen LogP contribution is -1.87. The van der Waals surface area contributed by atoms with Crippen LogP contribution in [0.4, 0.5) is 0 Å². The van der Waals surface area contributed by atoms with Crippen molar-refractivity contribution in [3.8, 4) is 11.8 Å². The Morgan fingerprint density at radius 2 is 2.00 bits per heavy atom. The second-order valence-corrected chi connectivity index (χ2v) is 5.89. The van der Waals surface area contributed by atoms with Crippen molar-refractivity contribution >= 4 is 50.8 Å². The molecule has 2 nitrogen and oxygen atoms in total. The Hall–Kier alpha value is -1.47. The molecule has 0 atom stereocenters. The van der Waals surface area contributed by atoms with Crippen LogP contribution in [0.2, 0.25) is 10.0 Å². The van der Waals surface area contributed by atoms with Crippen LogP contribution in [0.3, 0.4) is 0 Å². The molecule has 0 radical (unpaired) electrons. The fourth-order valence-corrected chi connectivity index (χ4v) is 2.89. The van der Waals surface area contributed by atoms with E-state index < -0.39 is 0 Å². The third kappa shape index (κ3) is 3.79. The van der Waals surface area contributed by atoms with E-state index in [1.807, 2.05) is 18.2 Å². The van der Waals surface area contributed by atoms with Crippen molar-refractivity contribution in [2.75, 3.05) is 7.11 Å². The van der Waals surface area contributed by atoms with Crippen molar-refractivity contribution in [3.63, 3.8) is 0 Å². The van der Waals surface area contributed by atoms with Crippen molar-refractivity contribution in [1.29, 1.82) is 5.26 Å². The van der Waals surface area contributed by atoms with Gasteiger partial charge in [-0.2, -0.15) is 5.26 Å². The van der Waals surface area contributed by atoms with E-state index in [1.54, 1.807) is 31.4 Å². The molecule has 2 aromatic carbocycles. The predicted molar refractivity (Wildman–Crippen MR) is 90.6 cm³/mol. The second kappa shape index (κ2) is 7.00. The van der Waals surface area contributed by atoms with Gasteiger partial charge in [0.05, 0.1) is 28.2 Å². The van der Waals surface area contributed by atoms with Crippen molar-refractivity contribution in [2.45, 2.75) is 0 Å². The fraction of sp³-hybridized carbons (Fsp3) is 0.0625. The van der Waals surface area contributed by atoms with Crippen LogP contribution in [0.5, 0.6) is 5.75 Å². The SMILES string of the molecule is COc1ccc(/C=C(\C#N)c2ccc(Cl)cc2Cl)cc1Br. The van der Waals surface area contributed by atoms with E-state index in [9.17, 15) is 5.26 Å². The minimum atomic E-state index is 0.447. The number of methoxy groups -OCH3 is 1. The van der Waals surface area contributed by atoms with E-state index in [4.69, 9.17) is 27.9 Å². The Labute approximate surface area is 141 Å². The van der Waals surface area contributed by atoms with Gasteiger partial charge in [-0.3, -0.25) is 0 Å². The molecule has 0 unspecified atom stereocenters. The van der Waals surface area contributed by atoms with Gasteiger partial charge in [-0.05, 0) is 51.8 Å². The van der Waals surface area contributed by atoms with Crippen LogP contribution in [0, 0.1) is 11.3 Å². The number of nitriles is 1. The van der Waals surface area contributed by atoms with Crippen molar-refractivity contribution in [3.05, 3.63) is 62.0 Å². The van der Waals surface area contributed by atoms with Crippen LogP contribution >= 0.6 is 39.1 Å². The number of halogens is 3. The second-order valence-electron chi connectivity index (χ2n) is 4.19. The smallest absolute Gasteiger partial charge is 0.133 e. The normalized spacial score (nSPS) is 11.1. The van der Waals surface area contributed by atoms with Crippen LogP contribution in [0.1, 0.15) is 11.1 Å². The summed E-state index contributed by atoms with van der Waals surface area (Å²) in [6.07, 6.45) is 1.76. The highest BCUT2D eigenvalue weighted by Gasteiger charge is 2.08.